The van der Waals surface area contributed by atoms with Gasteiger partial charge in [-0.1, -0.05) is 19.3 Å². The second-order valence-corrected chi connectivity index (χ2v) is 7.74. The number of carbonyl (C=O) groups is 1. The number of nitrogens with zero attached hydrogens (tertiary/aromatic N) is 1. The second kappa shape index (κ2) is 5.32. The molecule has 4 rings (SSSR count). The third kappa shape index (κ3) is 2.63. The Balaban J connectivity index is 1.54. The molecule has 1 aromatic carbocycles. The lowest BCUT2D eigenvalue weighted by molar-refractivity contribution is -0.122. The van der Waals surface area contributed by atoms with Crippen molar-refractivity contribution in [1.29, 1.82) is 0 Å². The Hall–Kier alpha value is -1.46. The minimum atomic E-state index is -0.694. The monoisotopic (exact) mass is 315 g/mol. The molecule has 2 saturated carbocycles. The Bertz CT molecular complexity index is 714. The van der Waals surface area contributed by atoms with E-state index in [0.717, 1.165) is 41.6 Å². The summed E-state index contributed by atoms with van der Waals surface area (Å²) in [6.07, 6.45) is 7.37. The minimum absolute atomic E-state index is 0.0431. The second-order valence-electron chi connectivity index (χ2n) is 6.68. The van der Waals surface area contributed by atoms with E-state index < -0.39 is 5.54 Å². The van der Waals surface area contributed by atoms with E-state index >= 15 is 0 Å². The van der Waals surface area contributed by atoms with Gasteiger partial charge in [-0.15, -0.1) is 11.3 Å². The summed E-state index contributed by atoms with van der Waals surface area (Å²) in [4.78, 5) is 17.2. The van der Waals surface area contributed by atoms with E-state index in [1.54, 1.807) is 11.3 Å². The van der Waals surface area contributed by atoms with Crippen LogP contribution < -0.4 is 11.1 Å². The van der Waals surface area contributed by atoms with Gasteiger partial charge in [0.25, 0.3) is 0 Å². The molecular weight excluding hydrogens is 294 g/mol. The Labute approximate surface area is 134 Å². The highest BCUT2D eigenvalue weighted by Gasteiger charge is 2.35. The van der Waals surface area contributed by atoms with Gasteiger partial charge >= 0.3 is 0 Å². The highest BCUT2D eigenvalue weighted by Crippen LogP contribution is 2.43. The van der Waals surface area contributed by atoms with Crippen LogP contribution in [0.25, 0.3) is 10.2 Å². The van der Waals surface area contributed by atoms with Crippen LogP contribution in [0.15, 0.2) is 18.2 Å². The van der Waals surface area contributed by atoms with Gasteiger partial charge in [0.15, 0.2) is 0 Å². The van der Waals surface area contributed by atoms with E-state index in [-0.39, 0.29) is 5.91 Å². The number of rotatable bonds is 3. The van der Waals surface area contributed by atoms with Crippen LogP contribution in [-0.4, -0.2) is 16.4 Å². The van der Waals surface area contributed by atoms with E-state index in [4.69, 9.17) is 5.73 Å². The molecule has 0 atom stereocenters. The first kappa shape index (κ1) is 14.2. The van der Waals surface area contributed by atoms with E-state index in [0.29, 0.717) is 5.92 Å². The predicted octanol–water partition coefficient (Wildman–Crippen LogP) is 3.77. The largest absolute Gasteiger partial charge is 0.324 e. The number of benzene rings is 1. The fourth-order valence-electron chi connectivity index (χ4n) is 3.19. The molecule has 0 spiro atoms. The molecule has 5 heteroatoms. The maximum absolute atomic E-state index is 12.5. The van der Waals surface area contributed by atoms with Crippen molar-refractivity contribution in [1.82, 2.24) is 4.98 Å². The molecule has 22 heavy (non-hydrogen) atoms. The SMILES string of the molecule is NC1(C(=O)Nc2ccc3nc(C4CC4)sc3c2)CCCCC1. The quantitative estimate of drug-likeness (QED) is 0.906. The smallest absolute Gasteiger partial charge is 0.244 e. The molecule has 2 aliphatic rings. The van der Waals surface area contributed by atoms with Gasteiger partial charge < -0.3 is 11.1 Å². The van der Waals surface area contributed by atoms with Crippen molar-refractivity contribution in [2.45, 2.75) is 56.4 Å². The van der Waals surface area contributed by atoms with Gasteiger partial charge in [-0.3, -0.25) is 4.79 Å². The lowest BCUT2D eigenvalue weighted by Gasteiger charge is -2.31. The summed E-state index contributed by atoms with van der Waals surface area (Å²) in [6, 6.07) is 5.96. The third-order valence-electron chi connectivity index (χ3n) is 4.79. The summed E-state index contributed by atoms with van der Waals surface area (Å²) in [5.41, 5.74) is 7.46. The fraction of sp³-hybridized carbons (Fsp3) is 0.529. The zero-order valence-corrected chi connectivity index (χ0v) is 13.4. The average Bonchev–Trinajstić information content (AvgIpc) is 3.28. The summed E-state index contributed by atoms with van der Waals surface area (Å²) in [6.45, 7) is 0. The average molecular weight is 315 g/mol. The number of anilines is 1. The van der Waals surface area contributed by atoms with Gasteiger partial charge in [0, 0.05) is 11.6 Å². The van der Waals surface area contributed by atoms with Crippen LogP contribution in [0.1, 0.15) is 55.9 Å². The molecular formula is C17H21N3OS. The summed E-state index contributed by atoms with van der Waals surface area (Å²) >= 11 is 1.75. The molecule has 2 fully saturated rings. The number of fused-ring (bicyclic) bond motifs is 1. The number of aromatic nitrogens is 1. The molecule has 0 radical (unpaired) electrons. The molecule has 3 N–H and O–H groups in total. The molecule has 0 aliphatic heterocycles. The molecule has 0 saturated heterocycles. The van der Waals surface area contributed by atoms with Crippen molar-refractivity contribution in [2.75, 3.05) is 5.32 Å². The van der Waals surface area contributed by atoms with Crippen molar-refractivity contribution >= 4 is 33.1 Å². The summed E-state index contributed by atoms with van der Waals surface area (Å²) in [5, 5.41) is 4.25. The van der Waals surface area contributed by atoms with Crippen molar-refractivity contribution in [3.63, 3.8) is 0 Å². The van der Waals surface area contributed by atoms with Gasteiger partial charge in [-0.05, 0) is 43.9 Å². The first-order chi connectivity index (χ1) is 10.6. The van der Waals surface area contributed by atoms with Crippen LogP contribution in [0.3, 0.4) is 0 Å². The van der Waals surface area contributed by atoms with Crippen LogP contribution >= 0.6 is 11.3 Å². The maximum Gasteiger partial charge on any atom is 0.244 e. The minimum Gasteiger partial charge on any atom is -0.324 e. The third-order valence-corrected chi connectivity index (χ3v) is 5.97. The predicted molar refractivity (Wildman–Crippen MR) is 90.2 cm³/mol. The number of hydrogen-bond donors (Lipinski definition) is 2. The lowest BCUT2D eigenvalue weighted by atomic mass is 9.82. The topological polar surface area (TPSA) is 68.0 Å². The van der Waals surface area contributed by atoms with Crippen LogP contribution in [0.5, 0.6) is 0 Å². The van der Waals surface area contributed by atoms with Crippen molar-refractivity contribution in [3.05, 3.63) is 23.2 Å². The number of thiazole rings is 1. The molecule has 4 nitrogen and oxygen atoms in total. The zero-order valence-electron chi connectivity index (χ0n) is 12.6. The molecule has 1 amide bonds. The Morgan fingerprint density at radius 3 is 2.77 bits per heavy atom. The van der Waals surface area contributed by atoms with Crippen molar-refractivity contribution in [3.8, 4) is 0 Å². The fourth-order valence-corrected chi connectivity index (χ4v) is 4.37. The van der Waals surface area contributed by atoms with Crippen LogP contribution in [-0.2, 0) is 4.79 Å². The lowest BCUT2D eigenvalue weighted by Crippen LogP contribution is -2.52. The van der Waals surface area contributed by atoms with E-state index in [1.165, 1.54) is 24.3 Å². The molecule has 1 heterocycles. The van der Waals surface area contributed by atoms with Gasteiger partial charge in [-0.25, -0.2) is 4.98 Å². The number of amides is 1. The van der Waals surface area contributed by atoms with Crippen LogP contribution in [0.2, 0.25) is 0 Å². The summed E-state index contributed by atoms with van der Waals surface area (Å²) < 4.78 is 1.15. The Morgan fingerprint density at radius 1 is 1.27 bits per heavy atom. The number of hydrogen-bond acceptors (Lipinski definition) is 4. The van der Waals surface area contributed by atoms with Crippen molar-refractivity contribution < 1.29 is 4.79 Å². The molecule has 2 aliphatic carbocycles. The zero-order chi connectivity index (χ0) is 15.2. The Kier molecular flexibility index (Phi) is 3.42. The summed E-state index contributed by atoms with van der Waals surface area (Å²) in [7, 11) is 0. The molecule has 2 aromatic rings. The normalized spacial score (nSPS) is 21.0. The van der Waals surface area contributed by atoms with Gasteiger partial charge in [0.2, 0.25) is 5.91 Å². The van der Waals surface area contributed by atoms with Gasteiger partial charge in [0.05, 0.1) is 20.8 Å². The number of carbonyl (C=O) groups excluding carboxylic acids is 1. The first-order valence-electron chi connectivity index (χ1n) is 8.15. The number of nitrogens with one attached hydrogen (secondary N) is 1. The maximum atomic E-state index is 12.5. The van der Waals surface area contributed by atoms with E-state index in [2.05, 4.69) is 10.3 Å². The van der Waals surface area contributed by atoms with E-state index in [9.17, 15) is 4.79 Å². The van der Waals surface area contributed by atoms with E-state index in [1.807, 2.05) is 18.2 Å². The summed E-state index contributed by atoms with van der Waals surface area (Å²) in [5.74, 6) is 0.628. The highest BCUT2D eigenvalue weighted by atomic mass is 32.1. The standard InChI is InChI=1S/C17H21N3OS/c18-17(8-2-1-3-9-17)16(21)19-12-6-7-13-14(10-12)22-15(20-13)11-4-5-11/h6-7,10-11H,1-5,8-9,18H2,(H,19,21). The van der Waals surface area contributed by atoms with Gasteiger partial charge in [0.1, 0.15) is 0 Å². The Morgan fingerprint density at radius 2 is 2.05 bits per heavy atom. The van der Waals surface area contributed by atoms with Crippen LogP contribution in [0, 0.1) is 0 Å². The first-order valence-corrected chi connectivity index (χ1v) is 8.97. The van der Waals surface area contributed by atoms with Crippen LogP contribution in [0.4, 0.5) is 5.69 Å². The highest BCUT2D eigenvalue weighted by molar-refractivity contribution is 7.18. The molecule has 0 bridgehead atoms. The van der Waals surface area contributed by atoms with Gasteiger partial charge in [-0.2, -0.15) is 0 Å². The number of nitrogens with two attached hydrogens (primary N) is 1. The molecule has 1 aromatic heterocycles. The molecule has 0 unspecified atom stereocenters. The molecule has 116 valence electrons. The van der Waals surface area contributed by atoms with Crippen molar-refractivity contribution in [2.24, 2.45) is 5.73 Å².